The first-order chi connectivity index (χ1) is 16.1. The highest BCUT2D eigenvalue weighted by Gasteiger charge is 2.28. The summed E-state index contributed by atoms with van der Waals surface area (Å²) >= 11 is 0. The molecule has 0 radical (unpaired) electrons. The zero-order valence-corrected chi connectivity index (χ0v) is 19.1. The van der Waals surface area contributed by atoms with E-state index in [2.05, 4.69) is 39.2 Å². The highest BCUT2D eigenvalue weighted by Crippen LogP contribution is 2.25. The number of aromatic nitrogens is 2. The van der Waals surface area contributed by atoms with Crippen molar-refractivity contribution in [3.63, 3.8) is 0 Å². The minimum atomic E-state index is -3.55. The maximum atomic E-state index is 13.3. The number of fused-ring (bicyclic) bond motifs is 1. The van der Waals surface area contributed by atoms with Gasteiger partial charge in [-0.3, -0.25) is 4.90 Å². The fraction of sp³-hybridized carbons (Fsp3) is 0.192. The van der Waals surface area contributed by atoms with Gasteiger partial charge in [-0.2, -0.15) is 4.31 Å². The number of H-pyrrole nitrogens is 1. The van der Waals surface area contributed by atoms with Crippen LogP contribution in [-0.4, -0.2) is 60.3 Å². The molecule has 168 valence electrons. The van der Waals surface area contributed by atoms with Crippen LogP contribution in [0.15, 0.2) is 89.8 Å². The third kappa shape index (κ3) is 4.75. The highest BCUT2D eigenvalue weighted by atomic mass is 32.2. The first kappa shape index (κ1) is 21.6. The van der Waals surface area contributed by atoms with Gasteiger partial charge in [0, 0.05) is 38.3 Å². The Hall–Kier alpha value is -3.26. The number of nitrogens with zero attached hydrogens (tertiary/aromatic N) is 3. The van der Waals surface area contributed by atoms with Crippen molar-refractivity contribution < 1.29 is 8.42 Å². The smallest absolute Gasteiger partial charge is 0.243 e. The number of piperazine rings is 1. The van der Waals surface area contributed by atoms with Gasteiger partial charge in [0.25, 0.3) is 0 Å². The van der Waals surface area contributed by atoms with Gasteiger partial charge in [-0.05, 0) is 23.8 Å². The Bertz CT molecular complexity index is 1360. The second-order valence-corrected chi connectivity index (χ2v) is 10.1. The van der Waals surface area contributed by atoms with Crippen molar-refractivity contribution in [3.05, 3.63) is 90.5 Å². The Labute approximate surface area is 194 Å². The maximum Gasteiger partial charge on any atom is 0.243 e. The summed E-state index contributed by atoms with van der Waals surface area (Å²) in [7, 11) is -3.55. The number of hydrogen-bond donors (Lipinski definition) is 1. The van der Waals surface area contributed by atoms with Crippen molar-refractivity contribution in [3.8, 4) is 11.4 Å². The molecule has 0 amide bonds. The molecule has 0 bridgehead atoms. The molecule has 3 aromatic carbocycles. The molecular weight excluding hydrogens is 432 g/mol. The Kier molecular flexibility index (Phi) is 6.09. The van der Waals surface area contributed by atoms with E-state index in [9.17, 15) is 8.42 Å². The Morgan fingerprint density at radius 1 is 0.879 bits per heavy atom. The molecule has 0 saturated carbocycles. The number of nitrogens with one attached hydrogen (secondary N) is 1. The zero-order chi connectivity index (χ0) is 22.7. The standard InChI is InChI=1S/C26H26N4O2S/c31-33(32,30-18-16-29(17-19-30)15-7-10-21-8-3-1-4-9-21)23-13-14-24-25(20-23)28-26(27-24)22-11-5-2-6-12-22/h1-14,20H,15-19H2,(H,27,28). The maximum absolute atomic E-state index is 13.3. The molecule has 0 aliphatic carbocycles. The molecule has 0 spiro atoms. The average Bonchev–Trinajstić information content (AvgIpc) is 3.29. The van der Waals surface area contributed by atoms with Gasteiger partial charge in [-0.15, -0.1) is 0 Å². The normalized spacial score (nSPS) is 16.0. The largest absolute Gasteiger partial charge is 0.338 e. The van der Waals surface area contributed by atoms with Crippen LogP contribution in [-0.2, 0) is 10.0 Å². The molecule has 1 aliphatic heterocycles. The summed E-state index contributed by atoms with van der Waals surface area (Å²) in [6.45, 7) is 3.20. The first-order valence-corrected chi connectivity index (χ1v) is 12.5. The van der Waals surface area contributed by atoms with E-state index in [1.54, 1.807) is 22.5 Å². The van der Waals surface area contributed by atoms with Crippen molar-refractivity contribution >= 4 is 27.1 Å². The molecule has 1 saturated heterocycles. The van der Waals surface area contributed by atoms with Gasteiger partial charge in [-0.25, -0.2) is 13.4 Å². The van der Waals surface area contributed by atoms with E-state index >= 15 is 0 Å². The lowest BCUT2D eigenvalue weighted by Crippen LogP contribution is -2.48. The fourth-order valence-corrected chi connectivity index (χ4v) is 5.53. The number of rotatable bonds is 6. The summed E-state index contributed by atoms with van der Waals surface area (Å²) < 4.78 is 28.1. The molecule has 0 atom stereocenters. The second kappa shape index (κ2) is 9.31. The minimum Gasteiger partial charge on any atom is -0.338 e. The molecule has 5 rings (SSSR count). The lowest BCUT2D eigenvalue weighted by Gasteiger charge is -2.33. The van der Waals surface area contributed by atoms with E-state index < -0.39 is 10.0 Å². The van der Waals surface area contributed by atoms with E-state index in [-0.39, 0.29) is 0 Å². The summed E-state index contributed by atoms with van der Waals surface area (Å²) in [5.41, 5.74) is 3.61. The lowest BCUT2D eigenvalue weighted by molar-refractivity contribution is 0.204. The summed E-state index contributed by atoms with van der Waals surface area (Å²) in [4.78, 5) is 10.4. The van der Waals surface area contributed by atoms with Crippen LogP contribution in [0.3, 0.4) is 0 Å². The van der Waals surface area contributed by atoms with Gasteiger partial charge in [0.1, 0.15) is 5.82 Å². The molecule has 4 aromatic rings. The van der Waals surface area contributed by atoms with Gasteiger partial charge in [0.05, 0.1) is 15.9 Å². The van der Waals surface area contributed by atoms with Crippen molar-refractivity contribution in [2.24, 2.45) is 0 Å². The van der Waals surface area contributed by atoms with Crippen molar-refractivity contribution in [2.75, 3.05) is 32.7 Å². The predicted octanol–water partition coefficient (Wildman–Crippen LogP) is 4.25. The quantitative estimate of drug-likeness (QED) is 0.469. The predicted molar refractivity (Wildman–Crippen MR) is 132 cm³/mol. The van der Waals surface area contributed by atoms with Gasteiger partial charge >= 0.3 is 0 Å². The summed E-state index contributed by atoms with van der Waals surface area (Å²) in [5.74, 6) is 0.734. The lowest BCUT2D eigenvalue weighted by atomic mass is 10.2. The molecule has 2 heterocycles. The minimum absolute atomic E-state index is 0.302. The van der Waals surface area contributed by atoms with Gasteiger partial charge < -0.3 is 4.98 Å². The Morgan fingerprint density at radius 2 is 1.58 bits per heavy atom. The summed E-state index contributed by atoms with van der Waals surface area (Å²) in [6.07, 6.45) is 4.24. The zero-order valence-electron chi connectivity index (χ0n) is 18.3. The highest BCUT2D eigenvalue weighted by molar-refractivity contribution is 7.89. The number of sulfonamides is 1. The van der Waals surface area contributed by atoms with Crippen LogP contribution < -0.4 is 0 Å². The molecule has 1 aliphatic rings. The molecule has 1 fully saturated rings. The van der Waals surface area contributed by atoms with E-state index in [4.69, 9.17) is 0 Å². The molecule has 1 aromatic heterocycles. The van der Waals surface area contributed by atoms with E-state index in [1.807, 2.05) is 48.5 Å². The SMILES string of the molecule is O=S(=O)(c1ccc2nc(-c3ccccc3)[nH]c2c1)N1CCN(CC=Cc2ccccc2)CC1. The van der Waals surface area contributed by atoms with E-state index in [1.165, 1.54) is 5.56 Å². The summed E-state index contributed by atoms with van der Waals surface area (Å²) in [6, 6.07) is 25.1. The van der Waals surface area contributed by atoms with Crippen LogP contribution in [0.5, 0.6) is 0 Å². The first-order valence-electron chi connectivity index (χ1n) is 11.1. The van der Waals surface area contributed by atoms with Crippen molar-refractivity contribution in [1.82, 2.24) is 19.2 Å². The van der Waals surface area contributed by atoms with Gasteiger partial charge in [-0.1, -0.05) is 72.8 Å². The molecule has 1 N–H and O–H groups in total. The number of imidazole rings is 1. The Morgan fingerprint density at radius 3 is 2.30 bits per heavy atom. The van der Waals surface area contributed by atoms with Crippen molar-refractivity contribution in [2.45, 2.75) is 4.90 Å². The van der Waals surface area contributed by atoms with Gasteiger partial charge in [0.15, 0.2) is 0 Å². The van der Waals surface area contributed by atoms with Crippen LogP contribution in [0.25, 0.3) is 28.5 Å². The van der Waals surface area contributed by atoms with Crippen LogP contribution >= 0.6 is 0 Å². The molecule has 7 heteroatoms. The van der Waals surface area contributed by atoms with E-state index in [0.29, 0.717) is 31.1 Å². The summed E-state index contributed by atoms with van der Waals surface area (Å²) in [5, 5.41) is 0. The molecular formula is C26H26N4O2S. The Balaban J connectivity index is 1.25. The van der Waals surface area contributed by atoms with Crippen LogP contribution in [0, 0.1) is 0 Å². The van der Waals surface area contributed by atoms with Gasteiger partial charge in [0.2, 0.25) is 10.0 Å². The van der Waals surface area contributed by atoms with Crippen LogP contribution in [0.2, 0.25) is 0 Å². The number of aromatic amines is 1. The number of hydrogen-bond acceptors (Lipinski definition) is 4. The fourth-order valence-electron chi connectivity index (χ4n) is 4.09. The third-order valence-electron chi connectivity index (χ3n) is 5.94. The van der Waals surface area contributed by atoms with Crippen LogP contribution in [0.1, 0.15) is 5.56 Å². The monoisotopic (exact) mass is 458 g/mol. The molecule has 6 nitrogen and oxygen atoms in total. The topological polar surface area (TPSA) is 69.3 Å². The molecule has 0 unspecified atom stereocenters. The van der Waals surface area contributed by atoms with Crippen molar-refractivity contribution in [1.29, 1.82) is 0 Å². The second-order valence-electron chi connectivity index (χ2n) is 8.15. The molecule has 33 heavy (non-hydrogen) atoms. The van der Waals surface area contributed by atoms with Crippen LogP contribution in [0.4, 0.5) is 0 Å². The average molecular weight is 459 g/mol. The third-order valence-corrected chi connectivity index (χ3v) is 7.84. The number of benzene rings is 3. The van der Waals surface area contributed by atoms with E-state index in [0.717, 1.165) is 29.0 Å².